The molecule has 0 bridgehead atoms. The van der Waals surface area contributed by atoms with Crippen molar-refractivity contribution in [2.75, 3.05) is 26.2 Å². The van der Waals surface area contributed by atoms with Crippen molar-refractivity contribution in [1.82, 2.24) is 9.21 Å². The highest BCUT2D eigenvalue weighted by Gasteiger charge is 2.31. The van der Waals surface area contributed by atoms with Crippen LogP contribution in [0, 0.1) is 0 Å². The molecule has 1 atom stereocenters. The molecule has 1 saturated heterocycles. The summed E-state index contributed by atoms with van der Waals surface area (Å²) in [5.74, 6) is 0.549. The Kier molecular flexibility index (Phi) is 7.06. The smallest absolute Gasteiger partial charge is 0.263 e. The zero-order valence-corrected chi connectivity index (χ0v) is 17.3. The zero-order valence-electron chi connectivity index (χ0n) is 16.5. The highest BCUT2D eigenvalue weighted by molar-refractivity contribution is 7.92. The van der Waals surface area contributed by atoms with Gasteiger partial charge in [0.05, 0.1) is 0 Å². The molecule has 154 valence electrons. The Bertz CT molecular complexity index is 922. The summed E-state index contributed by atoms with van der Waals surface area (Å²) in [6.45, 7) is 3.16. The van der Waals surface area contributed by atoms with Gasteiger partial charge >= 0.3 is 0 Å². The molecule has 0 saturated carbocycles. The fourth-order valence-electron chi connectivity index (χ4n) is 3.15. The standard InChI is InChI=1S/C22H26N2O4S/c1-2-21(28-20-11-7-4-8-12-20)22(25)23-14-16-24(17-15-23)29(26,27)18-13-19-9-5-3-6-10-19/h3-13,18,21H,2,14-17H2,1H3/b18-13+/t21-/m1/s1. The molecule has 0 aromatic heterocycles. The van der Waals surface area contributed by atoms with Gasteiger partial charge in [0.1, 0.15) is 5.75 Å². The molecule has 29 heavy (non-hydrogen) atoms. The van der Waals surface area contributed by atoms with Gasteiger partial charge in [-0.05, 0) is 30.2 Å². The van der Waals surface area contributed by atoms with Crippen molar-refractivity contribution in [3.05, 3.63) is 71.6 Å². The van der Waals surface area contributed by atoms with Crippen molar-refractivity contribution in [1.29, 1.82) is 0 Å². The minimum Gasteiger partial charge on any atom is -0.481 e. The molecule has 1 fully saturated rings. The molecule has 0 unspecified atom stereocenters. The largest absolute Gasteiger partial charge is 0.481 e. The maximum Gasteiger partial charge on any atom is 0.263 e. The van der Waals surface area contributed by atoms with Crippen molar-refractivity contribution in [3.63, 3.8) is 0 Å². The first-order valence-electron chi connectivity index (χ1n) is 9.73. The van der Waals surface area contributed by atoms with Crippen LogP contribution in [0.15, 0.2) is 66.1 Å². The Morgan fingerprint density at radius 3 is 2.17 bits per heavy atom. The Balaban J connectivity index is 1.57. The summed E-state index contributed by atoms with van der Waals surface area (Å²) in [4.78, 5) is 14.5. The fourth-order valence-corrected chi connectivity index (χ4v) is 4.33. The molecule has 1 aliphatic heterocycles. The molecule has 3 rings (SSSR count). The third kappa shape index (κ3) is 5.68. The third-order valence-corrected chi connectivity index (χ3v) is 6.37. The summed E-state index contributed by atoms with van der Waals surface area (Å²) in [7, 11) is -3.52. The number of carbonyl (C=O) groups is 1. The minimum atomic E-state index is -3.52. The van der Waals surface area contributed by atoms with Gasteiger partial charge < -0.3 is 9.64 Å². The average molecular weight is 415 g/mol. The maximum absolute atomic E-state index is 12.8. The Hall–Kier alpha value is -2.64. The van der Waals surface area contributed by atoms with Crippen LogP contribution in [0.2, 0.25) is 0 Å². The van der Waals surface area contributed by atoms with E-state index in [0.29, 0.717) is 25.3 Å². The summed E-state index contributed by atoms with van der Waals surface area (Å²) >= 11 is 0. The van der Waals surface area contributed by atoms with E-state index in [1.165, 1.54) is 9.71 Å². The lowest BCUT2D eigenvalue weighted by atomic mass is 10.2. The van der Waals surface area contributed by atoms with E-state index in [9.17, 15) is 13.2 Å². The van der Waals surface area contributed by atoms with Crippen LogP contribution in [0.5, 0.6) is 5.75 Å². The van der Waals surface area contributed by atoms with Crippen molar-refractivity contribution in [2.45, 2.75) is 19.4 Å². The van der Waals surface area contributed by atoms with Crippen LogP contribution in [0.4, 0.5) is 0 Å². The van der Waals surface area contributed by atoms with Gasteiger partial charge in [-0.2, -0.15) is 4.31 Å². The quantitative estimate of drug-likeness (QED) is 0.699. The number of nitrogens with zero attached hydrogens (tertiary/aromatic N) is 2. The molecule has 0 N–H and O–H groups in total. The monoisotopic (exact) mass is 414 g/mol. The molecular formula is C22H26N2O4S. The van der Waals surface area contributed by atoms with Crippen LogP contribution in [-0.4, -0.2) is 55.8 Å². The van der Waals surface area contributed by atoms with Gasteiger partial charge in [-0.1, -0.05) is 55.5 Å². The Labute approximate surface area is 172 Å². The van der Waals surface area contributed by atoms with Crippen LogP contribution in [-0.2, 0) is 14.8 Å². The molecule has 7 heteroatoms. The number of carbonyl (C=O) groups excluding carboxylic acids is 1. The van der Waals surface area contributed by atoms with Gasteiger partial charge in [-0.25, -0.2) is 8.42 Å². The number of hydrogen-bond acceptors (Lipinski definition) is 4. The molecule has 1 heterocycles. The van der Waals surface area contributed by atoms with Crippen LogP contribution >= 0.6 is 0 Å². The highest BCUT2D eigenvalue weighted by Crippen LogP contribution is 2.17. The number of para-hydroxylation sites is 1. The molecule has 2 aromatic rings. The molecule has 0 aliphatic carbocycles. The first-order chi connectivity index (χ1) is 14.0. The number of ether oxygens (including phenoxy) is 1. The second-order valence-electron chi connectivity index (χ2n) is 6.81. The molecular weight excluding hydrogens is 388 g/mol. The van der Waals surface area contributed by atoms with E-state index >= 15 is 0 Å². The molecule has 0 radical (unpaired) electrons. The summed E-state index contributed by atoms with van der Waals surface area (Å²) in [5.41, 5.74) is 0.828. The molecule has 1 amide bonds. The summed E-state index contributed by atoms with van der Waals surface area (Å²) in [6, 6.07) is 18.5. The van der Waals surface area contributed by atoms with E-state index in [-0.39, 0.29) is 19.0 Å². The SMILES string of the molecule is CC[C@@H](Oc1ccccc1)C(=O)N1CCN(S(=O)(=O)/C=C/c2ccccc2)CC1. The summed E-state index contributed by atoms with van der Waals surface area (Å²) < 4.78 is 32.4. The number of benzene rings is 2. The Morgan fingerprint density at radius 2 is 1.59 bits per heavy atom. The van der Waals surface area contributed by atoms with Crippen molar-refractivity contribution < 1.29 is 17.9 Å². The van der Waals surface area contributed by atoms with Crippen LogP contribution in [0.1, 0.15) is 18.9 Å². The average Bonchev–Trinajstić information content (AvgIpc) is 2.77. The predicted molar refractivity (Wildman–Crippen MR) is 114 cm³/mol. The van der Waals surface area contributed by atoms with Gasteiger partial charge in [0, 0.05) is 31.6 Å². The van der Waals surface area contributed by atoms with Gasteiger partial charge in [0.15, 0.2) is 6.10 Å². The van der Waals surface area contributed by atoms with E-state index < -0.39 is 16.1 Å². The van der Waals surface area contributed by atoms with Gasteiger partial charge in [0.25, 0.3) is 5.91 Å². The van der Waals surface area contributed by atoms with Gasteiger partial charge in [-0.3, -0.25) is 4.79 Å². The van der Waals surface area contributed by atoms with Crippen molar-refractivity contribution in [3.8, 4) is 5.75 Å². The fraction of sp³-hybridized carbons (Fsp3) is 0.318. The lowest BCUT2D eigenvalue weighted by Gasteiger charge is -2.35. The predicted octanol–water partition coefficient (Wildman–Crippen LogP) is 2.99. The van der Waals surface area contributed by atoms with Gasteiger partial charge in [-0.15, -0.1) is 0 Å². The summed E-state index contributed by atoms with van der Waals surface area (Å²) in [6.07, 6.45) is 1.57. The van der Waals surface area contributed by atoms with Crippen molar-refractivity contribution >= 4 is 22.0 Å². The molecule has 0 spiro atoms. The molecule has 2 aromatic carbocycles. The first kappa shape index (κ1) is 21.1. The number of amides is 1. The second-order valence-corrected chi connectivity index (χ2v) is 8.63. The normalized spacial score (nSPS) is 16.7. The highest BCUT2D eigenvalue weighted by atomic mass is 32.2. The lowest BCUT2D eigenvalue weighted by Crippen LogP contribution is -2.53. The Morgan fingerprint density at radius 1 is 1.00 bits per heavy atom. The van der Waals surface area contributed by atoms with E-state index in [1.54, 1.807) is 11.0 Å². The lowest BCUT2D eigenvalue weighted by molar-refractivity contribution is -0.140. The van der Waals surface area contributed by atoms with E-state index in [0.717, 1.165) is 5.56 Å². The summed E-state index contributed by atoms with van der Waals surface area (Å²) in [5, 5.41) is 1.23. The number of sulfonamides is 1. The van der Waals surface area contributed by atoms with E-state index in [4.69, 9.17) is 4.74 Å². The molecule has 6 nitrogen and oxygen atoms in total. The van der Waals surface area contributed by atoms with Crippen LogP contribution in [0.3, 0.4) is 0 Å². The van der Waals surface area contributed by atoms with Crippen LogP contribution < -0.4 is 4.74 Å². The zero-order chi connectivity index (χ0) is 20.7. The minimum absolute atomic E-state index is 0.103. The maximum atomic E-state index is 12.8. The molecule has 1 aliphatic rings. The van der Waals surface area contributed by atoms with E-state index in [1.807, 2.05) is 67.6 Å². The van der Waals surface area contributed by atoms with E-state index in [2.05, 4.69) is 0 Å². The number of piperazine rings is 1. The topological polar surface area (TPSA) is 66.9 Å². The number of rotatable bonds is 7. The van der Waals surface area contributed by atoms with Crippen LogP contribution in [0.25, 0.3) is 6.08 Å². The third-order valence-electron chi connectivity index (χ3n) is 4.81. The van der Waals surface area contributed by atoms with Crippen molar-refractivity contribution in [2.24, 2.45) is 0 Å². The second kappa shape index (κ2) is 9.71. The van der Waals surface area contributed by atoms with Gasteiger partial charge in [0.2, 0.25) is 10.0 Å². The first-order valence-corrected chi connectivity index (χ1v) is 11.2. The number of hydrogen-bond donors (Lipinski definition) is 0.